The molecule has 3 N–H and O–H groups in total. The molecule has 2 atom stereocenters. The summed E-state index contributed by atoms with van der Waals surface area (Å²) in [7, 11) is -2.01. The standard InChI is InChI=1S/C16H28N4O4S.C4H10.3H2/c1-3-12(16(22)18-2)9-13(10-17)20-15(21)11-19-25(23,24)14-7-5-4-6-8-14;1-4(2)3;;;/h12-14,19H,3-9,11H2,1-2H3,(H,18,22)(H,20,21);4H,1-3H3;3*1H/t12-,13-;;;;/m0..../s1. The Bertz CT molecular complexity index is 649. The van der Waals surface area contributed by atoms with Crippen LogP contribution in [0.3, 0.4) is 0 Å². The van der Waals surface area contributed by atoms with Gasteiger partial charge in [0.15, 0.2) is 0 Å². The lowest BCUT2D eigenvalue weighted by molar-refractivity contribution is -0.125. The van der Waals surface area contributed by atoms with Gasteiger partial charge < -0.3 is 10.6 Å². The SMILES string of the molecule is CC(C)C.CC[C@@H](C[C@@H](C#N)NC(=O)CNS(=O)(=O)C1CCCCC1)C(=O)NC.[HH].[HH].[HH]. The van der Waals surface area contributed by atoms with E-state index in [9.17, 15) is 23.3 Å². The van der Waals surface area contributed by atoms with Gasteiger partial charge in [0.05, 0.1) is 17.9 Å². The van der Waals surface area contributed by atoms with Gasteiger partial charge in [-0.25, -0.2) is 13.1 Å². The van der Waals surface area contributed by atoms with E-state index in [0.29, 0.717) is 19.3 Å². The van der Waals surface area contributed by atoms with E-state index in [1.165, 1.54) is 7.05 Å². The molecule has 1 saturated carbocycles. The molecule has 1 aliphatic rings. The van der Waals surface area contributed by atoms with Crippen LogP contribution in [0.1, 0.15) is 76.9 Å². The molecule has 0 radical (unpaired) electrons. The molecule has 2 amide bonds. The molecule has 174 valence electrons. The molecule has 29 heavy (non-hydrogen) atoms. The van der Waals surface area contributed by atoms with Gasteiger partial charge in [0.25, 0.3) is 0 Å². The largest absolute Gasteiger partial charge is 0.359 e. The molecule has 0 aromatic heterocycles. The smallest absolute Gasteiger partial charge is 0.236 e. The number of nitriles is 1. The Labute approximate surface area is 180 Å². The fourth-order valence-electron chi connectivity index (χ4n) is 3.00. The van der Waals surface area contributed by atoms with E-state index in [4.69, 9.17) is 0 Å². The van der Waals surface area contributed by atoms with Gasteiger partial charge in [-0.2, -0.15) is 5.26 Å². The van der Waals surface area contributed by atoms with Crippen molar-refractivity contribution in [1.82, 2.24) is 15.4 Å². The number of nitrogens with zero attached hydrogens (tertiary/aromatic N) is 1. The number of amides is 2. The molecule has 1 aliphatic carbocycles. The van der Waals surface area contributed by atoms with Crippen molar-refractivity contribution in [2.45, 2.75) is 83.9 Å². The first-order chi connectivity index (χ1) is 13.6. The van der Waals surface area contributed by atoms with Crippen LogP contribution in [0.4, 0.5) is 0 Å². The zero-order chi connectivity index (χ0) is 22.4. The number of sulfonamides is 1. The monoisotopic (exact) mass is 436 g/mol. The summed E-state index contributed by atoms with van der Waals surface area (Å²) in [5.74, 6) is -0.304. The van der Waals surface area contributed by atoms with Gasteiger partial charge in [0.1, 0.15) is 6.04 Å². The molecular weight excluding hydrogens is 392 g/mol. The molecule has 0 unspecified atom stereocenters. The molecule has 0 heterocycles. The van der Waals surface area contributed by atoms with Crippen molar-refractivity contribution in [3.8, 4) is 6.07 Å². The van der Waals surface area contributed by atoms with E-state index in [2.05, 4.69) is 36.1 Å². The van der Waals surface area contributed by atoms with Crippen molar-refractivity contribution in [2.75, 3.05) is 13.6 Å². The van der Waals surface area contributed by atoms with E-state index in [0.717, 1.165) is 25.2 Å². The van der Waals surface area contributed by atoms with Crippen molar-refractivity contribution < 1.29 is 22.3 Å². The lowest BCUT2D eigenvalue weighted by Gasteiger charge is -2.22. The Morgan fingerprint density at radius 1 is 1.17 bits per heavy atom. The molecule has 0 spiro atoms. The second kappa shape index (κ2) is 14.3. The highest BCUT2D eigenvalue weighted by Gasteiger charge is 2.28. The fraction of sp³-hybridized carbons (Fsp3) is 0.850. The van der Waals surface area contributed by atoms with E-state index in [1.54, 1.807) is 0 Å². The zero-order valence-corrected chi connectivity index (χ0v) is 19.3. The van der Waals surface area contributed by atoms with Gasteiger partial charge in [-0.1, -0.05) is 47.0 Å². The van der Waals surface area contributed by atoms with Gasteiger partial charge in [0, 0.05) is 17.2 Å². The van der Waals surface area contributed by atoms with E-state index >= 15 is 0 Å². The number of hydrogen-bond donors (Lipinski definition) is 3. The van der Waals surface area contributed by atoms with Gasteiger partial charge in [-0.05, 0) is 31.6 Å². The normalized spacial score (nSPS) is 16.7. The second-order valence-corrected chi connectivity index (χ2v) is 10.1. The maximum atomic E-state index is 12.2. The molecule has 0 bridgehead atoms. The first kappa shape index (κ1) is 27.3. The second-order valence-electron chi connectivity index (χ2n) is 8.06. The van der Waals surface area contributed by atoms with Crippen LogP contribution in [0, 0.1) is 23.2 Å². The summed E-state index contributed by atoms with van der Waals surface area (Å²) >= 11 is 0. The molecule has 0 aliphatic heterocycles. The fourth-order valence-corrected chi connectivity index (χ4v) is 4.52. The van der Waals surface area contributed by atoms with E-state index in [-0.39, 0.29) is 22.5 Å². The van der Waals surface area contributed by atoms with Crippen molar-refractivity contribution >= 4 is 21.8 Å². The molecular formula is C20H44N4O4S. The van der Waals surface area contributed by atoms with Crippen LogP contribution in [-0.4, -0.2) is 45.1 Å². The third-order valence-electron chi connectivity index (χ3n) is 4.55. The van der Waals surface area contributed by atoms with Gasteiger partial charge in [-0.15, -0.1) is 0 Å². The number of rotatable bonds is 9. The van der Waals surface area contributed by atoms with Crippen LogP contribution in [0.25, 0.3) is 0 Å². The minimum atomic E-state index is -3.52. The van der Waals surface area contributed by atoms with E-state index in [1.807, 2.05) is 13.0 Å². The minimum Gasteiger partial charge on any atom is -0.359 e. The highest BCUT2D eigenvalue weighted by Crippen LogP contribution is 2.22. The topological polar surface area (TPSA) is 128 Å². The molecule has 9 heteroatoms. The number of carbonyl (C=O) groups excluding carboxylic acids is 2. The third-order valence-corrected chi connectivity index (χ3v) is 6.44. The van der Waals surface area contributed by atoms with Crippen molar-refractivity contribution in [3.63, 3.8) is 0 Å². The van der Waals surface area contributed by atoms with Gasteiger partial charge in [-0.3, -0.25) is 9.59 Å². The summed E-state index contributed by atoms with van der Waals surface area (Å²) in [6.45, 7) is 7.93. The van der Waals surface area contributed by atoms with Gasteiger partial charge >= 0.3 is 0 Å². The molecule has 0 aromatic rings. The Hall–Kier alpha value is -1.66. The van der Waals surface area contributed by atoms with Crippen molar-refractivity contribution in [1.29, 1.82) is 5.26 Å². The van der Waals surface area contributed by atoms with Crippen LogP contribution < -0.4 is 15.4 Å². The van der Waals surface area contributed by atoms with Crippen LogP contribution in [0.2, 0.25) is 0 Å². The number of carbonyl (C=O) groups is 2. The maximum absolute atomic E-state index is 12.2. The average molecular weight is 437 g/mol. The molecule has 8 nitrogen and oxygen atoms in total. The Morgan fingerprint density at radius 3 is 2.17 bits per heavy atom. The highest BCUT2D eigenvalue weighted by atomic mass is 32.2. The Balaban J connectivity index is -0.000000515. The van der Waals surface area contributed by atoms with Gasteiger partial charge in [0.2, 0.25) is 21.8 Å². The number of hydrogen-bond acceptors (Lipinski definition) is 5. The van der Waals surface area contributed by atoms with Crippen LogP contribution in [0.15, 0.2) is 0 Å². The van der Waals surface area contributed by atoms with Crippen LogP contribution >= 0.6 is 0 Å². The lowest BCUT2D eigenvalue weighted by atomic mass is 9.97. The predicted molar refractivity (Wildman–Crippen MR) is 121 cm³/mol. The lowest BCUT2D eigenvalue weighted by Crippen LogP contribution is -2.45. The summed E-state index contributed by atoms with van der Waals surface area (Å²) in [5, 5.41) is 13.7. The molecule has 0 aromatic carbocycles. The Morgan fingerprint density at radius 2 is 1.72 bits per heavy atom. The van der Waals surface area contributed by atoms with Crippen LogP contribution in [0.5, 0.6) is 0 Å². The maximum Gasteiger partial charge on any atom is 0.236 e. The quantitative estimate of drug-likeness (QED) is 0.512. The Kier molecular flexibility index (Phi) is 13.5. The molecule has 1 rings (SSSR count). The first-order valence-corrected chi connectivity index (χ1v) is 12.0. The van der Waals surface area contributed by atoms with E-state index < -0.39 is 33.8 Å². The first-order valence-electron chi connectivity index (χ1n) is 10.5. The van der Waals surface area contributed by atoms with Crippen molar-refractivity contribution in [2.24, 2.45) is 11.8 Å². The minimum absolute atomic E-state index is 0. The summed E-state index contributed by atoms with van der Waals surface area (Å²) in [5.41, 5.74) is 0. The summed E-state index contributed by atoms with van der Waals surface area (Å²) in [6.07, 6.45) is 4.76. The molecule has 1 fully saturated rings. The summed E-state index contributed by atoms with van der Waals surface area (Å²) in [6, 6.07) is 1.11. The molecule has 0 saturated heterocycles. The summed E-state index contributed by atoms with van der Waals surface area (Å²) in [4.78, 5) is 23.6. The number of nitrogens with one attached hydrogen (secondary N) is 3. The highest BCUT2D eigenvalue weighted by molar-refractivity contribution is 7.90. The van der Waals surface area contributed by atoms with Crippen molar-refractivity contribution in [3.05, 3.63) is 0 Å². The average Bonchev–Trinajstić information content (AvgIpc) is 2.69. The third kappa shape index (κ3) is 11.8. The predicted octanol–water partition coefficient (Wildman–Crippen LogP) is 2.81. The van der Waals surface area contributed by atoms with Crippen LogP contribution in [-0.2, 0) is 19.6 Å². The summed E-state index contributed by atoms with van der Waals surface area (Å²) < 4.78 is 26.7. The zero-order valence-electron chi connectivity index (χ0n) is 18.5.